The fourth-order valence-corrected chi connectivity index (χ4v) is 3.11. The van der Waals surface area contributed by atoms with Gasteiger partial charge in [-0.3, -0.25) is 0 Å². The maximum Gasteiger partial charge on any atom is 0.159 e. The fraction of sp³-hybridized carbons (Fsp3) is 0.0556. The van der Waals surface area contributed by atoms with Crippen LogP contribution in [-0.4, -0.2) is 19.9 Å². The van der Waals surface area contributed by atoms with Crippen LogP contribution in [0, 0.1) is 6.92 Å². The normalized spacial score (nSPS) is 11.0. The van der Waals surface area contributed by atoms with Crippen molar-refractivity contribution in [3.63, 3.8) is 0 Å². The number of fused-ring (bicyclic) bond motifs is 1. The molecular formula is C18H13Cl2N5. The van der Waals surface area contributed by atoms with Crippen LogP contribution in [0.2, 0.25) is 10.0 Å². The highest BCUT2D eigenvalue weighted by atomic mass is 35.5. The van der Waals surface area contributed by atoms with Gasteiger partial charge in [0.25, 0.3) is 0 Å². The Kier molecular flexibility index (Phi) is 4.03. The summed E-state index contributed by atoms with van der Waals surface area (Å²) in [4.78, 5) is 16.6. The largest absolute Gasteiger partial charge is 0.338 e. The van der Waals surface area contributed by atoms with Gasteiger partial charge in [0.2, 0.25) is 0 Å². The van der Waals surface area contributed by atoms with Gasteiger partial charge in [-0.05, 0) is 36.8 Å². The quantitative estimate of drug-likeness (QED) is 0.508. The number of aromatic nitrogens is 4. The minimum Gasteiger partial charge on any atom is -0.338 e. The van der Waals surface area contributed by atoms with Crippen molar-refractivity contribution in [3.8, 4) is 11.4 Å². The first-order chi connectivity index (χ1) is 12.1. The molecule has 0 aliphatic heterocycles. The van der Waals surface area contributed by atoms with Crippen molar-refractivity contribution < 1.29 is 0 Å². The Balaban J connectivity index is 1.80. The zero-order valence-corrected chi connectivity index (χ0v) is 14.7. The molecule has 0 fully saturated rings. The lowest BCUT2D eigenvalue weighted by Crippen LogP contribution is -1.96. The van der Waals surface area contributed by atoms with Crippen LogP contribution in [0.3, 0.4) is 0 Å². The molecule has 0 bridgehead atoms. The van der Waals surface area contributed by atoms with Gasteiger partial charge in [-0.25, -0.2) is 15.0 Å². The summed E-state index contributed by atoms with van der Waals surface area (Å²) in [5.41, 5.74) is 3.28. The minimum atomic E-state index is 0.536. The van der Waals surface area contributed by atoms with E-state index in [2.05, 4.69) is 25.3 Å². The summed E-state index contributed by atoms with van der Waals surface area (Å²) < 4.78 is 0. The first-order valence-corrected chi connectivity index (χ1v) is 8.36. The number of rotatable bonds is 3. The number of imidazole rings is 1. The molecule has 1 aromatic carbocycles. The smallest absolute Gasteiger partial charge is 0.159 e. The van der Waals surface area contributed by atoms with Crippen LogP contribution in [0.5, 0.6) is 0 Å². The highest BCUT2D eigenvalue weighted by Crippen LogP contribution is 2.34. The van der Waals surface area contributed by atoms with Gasteiger partial charge in [-0.1, -0.05) is 35.3 Å². The summed E-state index contributed by atoms with van der Waals surface area (Å²) in [7, 11) is 0. The average Bonchev–Trinajstić information content (AvgIpc) is 3.01. The fourth-order valence-electron chi connectivity index (χ4n) is 2.53. The molecular weight excluding hydrogens is 357 g/mol. The lowest BCUT2D eigenvalue weighted by molar-refractivity contribution is 1.23. The van der Waals surface area contributed by atoms with Gasteiger partial charge in [-0.2, -0.15) is 0 Å². The standard InChI is InChI=1S/C18H13Cl2N5/c1-10-5-6-14(22-9-10)24-18-16-13(7-8-21-18)23-17(25-16)15-11(19)3-2-4-12(15)20/h2-9H,1H3,(H,23,25)(H,21,22,24). The molecule has 3 heterocycles. The van der Waals surface area contributed by atoms with Gasteiger partial charge >= 0.3 is 0 Å². The van der Waals surface area contributed by atoms with E-state index in [4.69, 9.17) is 23.2 Å². The Morgan fingerprint density at radius 2 is 1.80 bits per heavy atom. The predicted octanol–water partition coefficient (Wildman–Crippen LogP) is 5.38. The van der Waals surface area contributed by atoms with Gasteiger partial charge in [-0.15, -0.1) is 0 Å². The van der Waals surface area contributed by atoms with Gasteiger partial charge in [0.15, 0.2) is 5.82 Å². The monoisotopic (exact) mass is 369 g/mol. The molecule has 2 N–H and O–H groups in total. The van der Waals surface area contributed by atoms with Crippen LogP contribution in [0.1, 0.15) is 5.56 Å². The maximum absolute atomic E-state index is 6.29. The number of hydrogen-bond donors (Lipinski definition) is 2. The molecule has 4 aromatic rings. The van der Waals surface area contributed by atoms with Crippen LogP contribution < -0.4 is 5.32 Å². The molecule has 0 atom stereocenters. The van der Waals surface area contributed by atoms with Crippen LogP contribution in [-0.2, 0) is 0 Å². The number of pyridine rings is 2. The Bertz CT molecular complexity index is 1040. The molecule has 0 aliphatic carbocycles. The van der Waals surface area contributed by atoms with Crippen LogP contribution >= 0.6 is 23.2 Å². The Morgan fingerprint density at radius 1 is 1.00 bits per heavy atom. The molecule has 5 nitrogen and oxygen atoms in total. The molecule has 0 saturated carbocycles. The number of aromatic amines is 1. The molecule has 0 unspecified atom stereocenters. The number of H-pyrrole nitrogens is 1. The van der Waals surface area contributed by atoms with Crippen molar-refractivity contribution in [2.45, 2.75) is 6.92 Å². The minimum absolute atomic E-state index is 0.536. The summed E-state index contributed by atoms with van der Waals surface area (Å²) in [5.74, 6) is 1.91. The lowest BCUT2D eigenvalue weighted by Gasteiger charge is -2.05. The van der Waals surface area contributed by atoms with Gasteiger partial charge in [0.1, 0.15) is 17.2 Å². The molecule has 7 heteroatoms. The Labute approximate surface area is 154 Å². The molecule has 3 aromatic heterocycles. The second-order valence-electron chi connectivity index (χ2n) is 5.58. The summed E-state index contributed by atoms with van der Waals surface area (Å²) in [6, 6.07) is 11.1. The number of benzene rings is 1. The molecule has 0 amide bonds. The first-order valence-electron chi connectivity index (χ1n) is 7.60. The number of halogens is 2. The molecule has 4 rings (SSSR count). The molecule has 25 heavy (non-hydrogen) atoms. The second-order valence-corrected chi connectivity index (χ2v) is 6.40. The number of nitrogens with zero attached hydrogens (tertiary/aromatic N) is 3. The van der Waals surface area contributed by atoms with E-state index in [0.717, 1.165) is 11.1 Å². The Morgan fingerprint density at radius 3 is 2.52 bits per heavy atom. The number of nitrogens with one attached hydrogen (secondary N) is 2. The van der Waals surface area contributed by atoms with Crippen LogP contribution in [0.25, 0.3) is 22.4 Å². The van der Waals surface area contributed by atoms with Crippen molar-refractivity contribution in [1.29, 1.82) is 0 Å². The van der Waals surface area contributed by atoms with E-state index in [1.54, 1.807) is 30.6 Å². The van der Waals surface area contributed by atoms with Crippen molar-refractivity contribution in [3.05, 3.63) is 64.4 Å². The topological polar surface area (TPSA) is 66.5 Å². The molecule has 0 spiro atoms. The highest BCUT2D eigenvalue weighted by Gasteiger charge is 2.15. The molecule has 0 radical (unpaired) electrons. The number of hydrogen-bond acceptors (Lipinski definition) is 4. The second kappa shape index (κ2) is 6.35. The van der Waals surface area contributed by atoms with Crippen molar-refractivity contribution in [1.82, 2.24) is 19.9 Å². The Hall–Kier alpha value is -2.63. The number of anilines is 2. The number of aryl methyl sites for hydroxylation is 1. The van der Waals surface area contributed by atoms with Crippen LogP contribution in [0.4, 0.5) is 11.6 Å². The summed E-state index contributed by atoms with van der Waals surface area (Å²) in [6.07, 6.45) is 3.50. The zero-order chi connectivity index (χ0) is 17.4. The SMILES string of the molecule is Cc1ccc(Nc2nccc3[nH]c(-c4c(Cl)cccc4Cl)nc23)nc1. The van der Waals surface area contributed by atoms with Crippen molar-refractivity contribution in [2.75, 3.05) is 5.32 Å². The summed E-state index contributed by atoms with van der Waals surface area (Å²) in [6.45, 7) is 1.99. The third kappa shape index (κ3) is 3.04. The first kappa shape index (κ1) is 15.9. The average molecular weight is 370 g/mol. The van der Waals surface area contributed by atoms with E-state index in [1.165, 1.54) is 0 Å². The van der Waals surface area contributed by atoms with E-state index in [1.807, 2.05) is 25.1 Å². The van der Waals surface area contributed by atoms with Gasteiger partial charge < -0.3 is 10.3 Å². The third-order valence-electron chi connectivity index (χ3n) is 3.76. The van der Waals surface area contributed by atoms with Crippen LogP contribution in [0.15, 0.2) is 48.8 Å². The lowest BCUT2D eigenvalue weighted by atomic mass is 10.2. The van der Waals surface area contributed by atoms with E-state index in [0.29, 0.717) is 38.6 Å². The maximum atomic E-state index is 6.29. The van der Waals surface area contributed by atoms with E-state index >= 15 is 0 Å². The molecule has 0 aliphatic rings. The summed E-state index contributed by atoms with van der Waals surface area (Å²) >= 11 is 12.6. The van der Waals surface area contributed by atoms with Crippen molar-refractivity contribution >= 4 is 45.9 Å². The highest BCUT2D eigenvalue weighted by molar-refractivity contribution is 6.39. The molecule has 0 saturated heterocycles. The van der Waals surface area contributed by atoms with Crippen molar-refractivity contribution in [2.24, 2.45) is 0 Å². The summed E-state index contributed by atoms with van der Waals surface area (Å²) in [5, 5.41) is 4.27. The molecule has 124 valence electrons. The van der Waals surface area contributed by atoms with Gasteiger partial charge in [0, 0.05) is 12.4 Å². The van der Waals surface area contributed by atoms with E-state index < -0.39 is 0 Å². The van der Waals surface area contributed by atoms with E-state index in [-0.39, 0.29) is 0 Å². The van der Waals surface area contributed by atoms with E-state index in [9.17, 15) is 0 Å². The third-order valence-corrected chi connectivity index (χ3v) is 4.39. The zero-order valence-electron chi connectivity index (χ0n) is 13.2. The van der Waals surface area contributed by atoms with Gasteiger partial charge in [0.05, 0.1) is 21.1 Å². The predicted molar refractivity (Wildman–Crippen MR) is 102 cm³/mol.